The van der Waals surface area contributed by atoms with Crippen LogP contribution in [0.2, 0.25) is 0 Å². The van der Waals surface area contributed by atoms with Crippen molar-refractivity contribution in [1.29, 1.82) is 0 Å². The number of carbonyl (C=O) groups excluding carboxylic acids is 1. The van der Waals surface area contributed by atoms with Gasteiger partial charge < -0.3 is 20.1 Å². The van der Waals surface area contributed by atoms with Crippen molar-refractivity contribution in [1.82, 2.24) is 0 Å². The number of hydrogen-bond acceptors (Lipinski definition) is 7. The standard InChI is InChI=1S/C43H82NO7P/c1-3-5-7-9-11-13-15-17-19-20-21-23-25-27-29-31-33-35-38-48-40-42(41-50-52(46,47)49-39-37-44)51-43(45)36-34-32-30-28-26-24-22-18-16-14-12-10-8-6-4-2/h18,20-22,24,26,42H,3-17,19,23,25,27-41,44H2,1-2H3,(H,46,47). The minimum atomic E-state index is -4.28. The zero-order valence-electron chi connectivity index (χ0n) is 33.8. The van der Waals surface area contributed by atoms with Gasteiger partial charge in [0.2, 0.25) is 0 Å². The SMILES string of the molecule is CCCCCCCCC=CC=CCCCCCC(=O)OC(COCCCCCCCCC=CCCCCCCCCCC)COP(=O)(O)OCCN. The number of phosphoric ester groups is 1. The summed E-state index contributed by atoms with van der Waals surface area (Å²) in [6.07, 6.45) is 45.9. The Balaban J connectivity index is 4.08. The van der Waals surface area contributed by atoms with Gasteiger partial charge in [0.15, 0.2) is 0 Å². The van der Waals surface area contributed by atoms with Crippen molar-refractivity contribution >= 4 is 13.8 Å². The van der Waals surface area contributed by atoms with Gasteiger partial charge in [0.05, 0.1) is 19.8 Å². The highest BCUT2D eigenvalue weighted by molar-refractivity contribution is 7.47. The van der Waals surface area contributed by atoms with Crippen LogP contribution in [0.3, 0.4) is 0 Å². The molecule has 0 aliphatic carbocycles. The van der Waals surface area contributed by atoms with Crippen LogP contribution in [-0.4, -0.2) is 49.9 Å². The van der Waals surface area contributed by atoms with Crippen molar-refractivity contribution in [2.45, 2.75) is 200 Å². The second kappa shape index (κ2) is 40.9. The Morgan fingerprint density at radius 2 is 1.02 bits per heavy atom. The molecule has 0 amide bonds. The van der Waals surface area contributed by atoms with Crippen LogP contribution in [0.5, 0.6) is 0 Å². The van der Waals surface area contributed by atoms with E-state index in [9.17, 15) is 14.3 Å². The van der Waals surface area contributed by atoms with E-state index < -0.39 is 13.9 Å². The zero-order valence-corrected chi connectivity index (χ0v) is 34.7. The highest BCUT2D eigenvalue weighted by atomic mass is 31.2. The number of rotatable bonds is 41. The van der Waals surface area contributed by atoms with Crippen molar-refractivity contribution in [2.24, 2.45) is 5.73 Å². The van der Waals surface area contributed by atoms with Gasteiger partial charge in [0.25, 0.3) is 0 Å². The summed E-state index contributed by atoms with van der Waals surface area (Å²) >= 11 is 0. The first-order chi connectivity index (χ1) is 25.4. The van der Waals surface area contributed by atoms with E-state index in [1.54, 1.807) is 0 Å². The van der Waals surface area contributed by atoms with Crippen molar-refractivity contribution in [3.63, 3.8) is 0 Å². The lowest BCUT2D eigenvalue weighted by Crippen LogP contribution is -2.28. The van der Waals surface area contributed by atoms with E-state index >= 15 is 0 Å². The molecule has 3 N–H and O–H groups in total. The molecule has 0 rings (SSSR count). The molecule has 0 radical (unpaired) electrons. The average Bonchev–Trinajstić information content (AvgIpc) is 3.13. The van der Waals surface area contributed by atoms with Crippen molar-refractivity contribution in [3.8, 4) is 0 Å². The predicted octanol–water partition coefficient (Wildman–Crippen LogP) is 12.6. The normalized spacial score (nSPS) is 13.8. The third-order valence-electron chi connectivity index (χ3n) is 9.06. The highest BCUT2D eigenvalue weighted by Gasteiger charge is 2.25. The van der Waals surface area contributed by atoms with E-state index in [0.29, 0.717) is 6.61 Å². The molecular weight excluding hydrogens is 673 g/mol. The summed E-state index contributed by atoms with van der Waals surface area (Å²) in [4.78, 5) is 22.4. The van der Waals surface area contributed by atoms with E-state index in [4.69, 9.17) is 24.3 Å². The first kappa shape index (κ1) is 50.7. The molecule has 9 heteroatoms. The zero-order chi connectivity index (χ0) is 38.1. The maximum absolute atomic E-state index is 12.6. The van der Waals surface area contributed by atoms with Gasteiger partial charge in [-0.15, -0.1) is 0 Å². The van der Waals surface area contributed by atoms with Gasteiger partial charge in [-0.2, -0.15) is 0 Å². The lowest BCUT2D eigenvalue weighted by atomic mass is 10.1. The van der Waals surface area contributed by atoms with E-state index in [1.807, 2.05) is 0 Å². The minimum absolute atomic E-state index is 0.0949. The molecule has 8 nitrogen and oxygen atoms in total. The lowest BCUT2D eigenvalue weighted by Gasteiger charge is -2.20. The van der Waals surface area contributed by atoms with Gasteiger partial charge in [-0.1, -0.05) is 159 Å². The summed E-state index contributed by atoms with van der Waals surface area (Å²) in [6, 6.07) is 0. The Labute approximate surface area is 320 Å². The minimum Gasteiger partial charge on any atom is -0.457 e. The molecule has 0 aromatic rings. The number of unbranched alkanes of at least 4 members (excludes halogenated alkanes) is 23. The summed E-state index contributed by atoms with van der Waals surface area (Å²) in [7, 11) is -4.28. The molecule has 0 aromatic carbocycles. The average molecular weight is 756 g/mol. The summed E-state index contributed by atoms with van der Waals surface area (Å²) in [6.45, 7) is 4.87. The molecule has 0 bridgehead atoms. The van der Waals surface area contributed by atoms with E-state index in [-0.39, 0.29) is 38.8 Å². The Morgan fingerprint density at radius 1 is 0.577 bits per heavy atom. The fourth-order valence-corrected chi connectivity index (χ4v) is 6.63. The summed E-state index contributed by atoms with van der Waals surface area (Å²) in [5.41, 5.74) is 5.36. The first-order valence-electron chi connectivity index (χ1n) is 21.5. The number of esters is 1. The van der Waals surface area contributed by atoms with Crippen LogP contribution in [0.1, 0.15) is 194 Å². The second-order valence-corrected chi connectivity index (χ2v) is 15.7. The van der Waals surface area contributed by atoms with Crippen molar-refractivity contribution in [2.75, 3.05) is 33.0 Å². The topological polar surface area (TPSA) is 117 Å². The number of nitrogens with two attached hydrogens (primary N) is 1. The molecule has 0 spiro atoms. The number of ether oxygens (including phenoxy) is 2. The van der Waals surface area contributed by atoms with E-state index in [2.05, 4.69) is 50.3 Å². The van der Waals surface area contributed by atoms with Gasteiger partial charge in [0.1, 0.15) is 6.10 Å². The van der Waals surface area contributed by atoms with Crippen LogP contribution < -0.4 is 5.73 Å². The maximum Gasteiger partial charge on any atom is 0.472 e. The fraction of sp³-hybridized carbons (Fsp3) is 0.837. The van der Waals surface area contributed by atoms with Crippen LogP contribution in [0, 0.1) is 0 Å². The number of hydrogen-bond donors (Lipinski definition) is 2. The molecule has 52 heavy (non-hydrogen) atoms. The molecule has 0 aliphatic rings. The smallest absolute Gasteiger partial charge is 0.457 e. The van der Waals surface area contributed by atoms with Crippen LogP contribution >= 0.6 is 7.82 Å². The maximum atomic E-state index is 12.6. The molecule has 0 aromatic heterocycles. The molecule has 306 valence electrons. The summed E-state index contributed by atoms with van der Waals surface area (Å²) < 4.78 is 33.4. The number of allylic oxidation sites excluding steroid dienone is 6. The largest absolute Gasteiger partial charge is 0.472 e. The molecule has 2 unspecified atom stereocenters. The summed E-state index contributed by atoms with van der Waals surface area (Å²) in [5.74, 6) is -0.357. The van der Waals surface area contributed by atoms with Gasteiger partial charge in [-0.3, -0.25) is 13.8 Å². The van der Waals surface area contributed by atoms with Crippen molar-refractivity contribution in [3.05, 3.63) is 36.5 Å². The van der Waals surface area contributed by atoms with Crippen molar-refractivity contribution < 1.29 is 32.8 Å². The Kier molecular flexibility index (Phi) is 39.9. The van der Waals surface area contributed by atoms with E-state index in [1.165, 1.54) is 128 Å². The van der Waals surface area contributed by atoms with Gasteiger partial charge >= 0.3 is 13.8 Å². The van der Waals surface area contributed by atoms with Crippen LogP contribution in [0.4, 0.5) is 0 Å². The van der Waals surface area contributed by atoms with E-state index in [0.717, 1.165) is 44.9 Å². The molecule has 0 fully saturated rings. The number of phosphoric acid groups is 1. The predicted molar refractivity (Wildman–Crippen MR) is 220 cm³/mol. The number of carbonyl (C=O) groups is 1. The molecule has 2 atom stereocenters. The third kappa shape index (κ3) is 39.9. The van der Waals surface area contributed by atoms with Crippen LogP contribution in [-0.2, 0) is 27.9 Å². The lowest BCUT2D eigenvalue weighted by molar-refractivity contribution is -0.154. The van der Waals surface area contributed by atoms with Crippen LogP contribution in [0.15, 0.2) is 36.5 Å². The van der Waals surface area contributed by atoms with Gasteiger partial charge in [0, 0.05) is 19.6 Å². The molecule has 0 heterocycles. The summed E-state index contributed by atoms with van der Waals surface area (Å²) in [5, 5.41) is 0. The van der Waals surface area contributed by atoms with Gasteiger partial charge in [-0.05, 0) is 64.2 Å². The quantitative estimate of drug-likeness (QED) is 0.0208. The third-order valence-corrected chi connectivity index (χ3v) is 10.0. The first-order valence-corrected chi connectivity index (χ1v) is 23.0. The molecular formula is C43H82NO7P. The van der Waals surface area contributed by atoms with Gasteiger partial charge in [-0.25, -0.2) is 4.57 Å². The Hall–Kier alpha value is -1.28. The Bertz CT molecular complexity index is 895. The fourth-order valence-electron chi connectivity index (χ4n) is 5.86. The highest BCUT2D eigenvalue weighted by Crippen LogP contribution is 2.43. The second-order valence-electron chi connectivity index (χ2n) is 14.2. The molecule has 0 aliphatic heterocycles. The van der Waals surface area contributed by atoms with Crippen LogP contribution in [0.25, 0.3) is 0 Å². The molecule has 0 saturated heterocycles. The Morgan fingerprint density at radius 3 is 1.52 bits per heavy atom. The monoisotopic (exact) mass is 756 g/mol. The molecule has 0 saturated carbocycles.